The number of rotatable bonds is 2. The SMILES string of the molecule is Nc1ccc(-c2nc(C3CCCOC3)no2)cc1F. The summed E-state index contributed by atoms with van der Waals surface area (Å²) in [5.74, 6) is 0.592. The normalized spacial score (nSPS) is 19.5. The van der Waals surface area contributed by atoms with Crippen LogP contribution in [0.25, 0.3) is 11.5 Å². The Morgan fingerprint density at radius 1 is 1.37 bits per heavy atom. The van der Waals surface area contributed by atoms with Gasteiger partial charge >= 0.3 is 0 Å². The van der Waals surface area contributed by atoms with E-state index in [0.29, 0.717) is 23.9 Å². The molecular weight excluding hydrogens is 249 g/mol. The molecular formula is C13H14FN3O2. The van der Waals surface area contributed by atoms with Gasteiger partial charge in [-0.15, -0.1) is 0 Å². The van der Waals surface area contributed by atoms with Gasteiger partial charge in [0.2, 0.25) is 0 Å². The summed E-state index contributed by atoms with van der Waals surface area (Å²) in [5, 5.41) is 3.95. The fraction of sp³-hybridized carbons (Fsp3) is 0.385. The number of nitrogen functional groups attached to an aromatic ring is 1. The maximum Gasteiger partial charge on any atom is 0.258 e. The predicted octanol–water partition coefficient (Wildman–Crippen LogP) is 2.35. The molecule has 1 aromatic heterocycles. The molecule has 0 bridgehead atoms. The molecule has 2 heterocycles. The molecule has 19 heavy (non-hydrogen) atoms. The van der Waals surface area contributed by atoms with E-state index < -0.39 is 5.82 Å². The number of anilines is 1. The Balaban J connectivity index is 1.85. The zero-order valence-corrected chi connectivity index (χ0v) is 10.3. The molecule has 3 rings (SSSR count). The first-order chi connectivity index (χ1) is 9.24. The molecule has 1 aliphatic heterocycles. The molecule has 2 aromatic rings. The summed E-state index contributed by atoms with van der Waals surface area (Å²) in [6, 6.07) is 4.44. The molecule has 0 amide bonds. The van der Waals surface area contributed by atoms with Gasteiger partial charge in [0, 0.05) is 18.1 Å². The fourth-order valence-corrected chi connectivity index (χ4v) is 2.12. The topological polar surface area (TPSA) is 74.2 Å². The molecule has 1 unspecified atom stereocenters. The molecule has 0 spiro atoms. The Hall–Kier alpha value is -1.95. The van der Waals surface area contributed by atoms with Crippen molar-refractivity contribution < 1.29 is 13.7 Å². The number of nitrogens with zero attached hydrogens (tertiary/aromatic N) is 2. The van der Waals surface area contributed by atoms with E-state index in [9.17, 15) is 4.39 Å². The second-order valence-electron chi connectivity index (χ2n) is 4.61. The van der Waals surface area contributed by atoms with Crippen molar-refractivity contribution in [2.24, 2.45) is 0 Å². The molecule has 0 aliphatic carbocycles. The number of hydrogen-bond donors (Lipinski definition) is 1. The molecule has 6 heteroatoms. The Kier molecular flexibility index (Phi) is 3.16. The van der Waals surface area contributed by atoms with Crippen molar-refractivity contribution in [2.45, 2.75) is 18.8 Å². The minimum atomic E-state index is -0.488. The maximum absolute atomic E-state index is 13.4. The second-order valence-corrected chi connectivity index (χ2v) is 4.61. The highest BCUT2D eigenvalue weighted by Gasteiger charge is 2.22. The number of aromatic nitrogens is 2. The Morgan fingerprint density at radius 2 is 2.26 bits per heavy atom. The van der Waals surface area contributed by atoms with Crippen molar-refractivity contribution in [3.05, 3.63) is 29.8 Å². The van der Waals surface area contributed by atoms with Crippen LogP contribution in [0.15, 0.2) is 22.7 Å². The first kappa shape index (κ1) is 12.1. The van der Waals surface area contributed by atoms with E-state index in [1.807, 2.05) is 0 Å². The van der Waals surface area contributed by atoms with Gasteiger partial charge in [0.25, 0.3) is 5.89 Å². The third-order valence-electron chi connectivity index (χ3n) is 3.21. The van der Waals surface area contributed by atoms with Crippen molar-refractivity contribution in [2.75, 3.05) is 18.9 Å². The third-order valence-corrected chi connectivity index (χ3v) is 3.21. The van der Waals surface area contributed by atoms with Gasteiger partial charge in [-0.3, -0.25) is 0 Å². The second kappa shape index (κ2) is 4.97. The van der Waals surface area contributed by atoms with E-state index >= 15 is 0 Å². The van der Waals surface area contributed by atoms with E-state index in [0.717, 1.165) is 19.4 Å². The summed E-state index contributed by atoms with van der Waals surface area (Å²) in [6.45, 7) is 1.39. The molecule has 0 saturated carbocycles. The zero-order valence-electron chi connectivity index (χ0n) is 10.3. The van der Waals surface area contributed by atoms with Gasteiger partial charge in [-0.1, -0.05) is 5.16 Å². The van der Waals surface area contributed by atoms with E-state index in [1.54, 1.807) is 6.07 Å². The average Bonchev–Trinajstić information content (AvgIpc) is 2.93. The first-order valence-electron chi connectivity index (χ1n) is 6.21. The lowest BCUT2D eigenvalue weighted by Crippen LogP contribution is -2.16. The highest BCUT2D eigenvalue weighted by Crippen LogP contribution is 2.26. The lowest BCUT2D eigenvalue weighted by molar-refractivity contribution is 0.0773. The third kappa shape index (κ3) is 2.44. The number of ether oxygens (including phenoxy) is 1. The fourth-order valence-electron chi connectivity index (χ4n) is 2.12. The summed E-state index contributed by atoms with van der Waals surface area (Å²) in [7, 11) is 0. The number of hydrogen-bond acceptors (Lipinski definition) is 5. The van der Waals surface area contributed by atoms with Crippen molar-refractivity contribution in [1.29, 1.82) is 0 Å². The summed E-state index contributed by atoms with van der Waals surface area (Å²) in [5.41, 5.74) is 6.06. The standard InChI is InChI=1S/C13H14FN3O2/c14-10-6-8(3-4-11(10)15)13-16-12(17-19-13)9-2-1-5-18-7-9/h3-4,6,9H,1-2,5,7,15H2. The zero-order chi connectivity index (χ0) is 13.2. The van der Waals surface area contributed by atoms with Gasteiger partial charge in [0.15, 0.2) is 5.82 Å². The smallest absolute Gasteiger partial charge is 0.258 e. The summed E-state index contributed by atoms with van der Waals surface area (Å²) in [6.07, 6.45) is 1.97. The molecule has 100 valence electrons. The summed E-state index contributed by atoms with van der Waals surface area (Å²) < 4.78 is 24.0. The monoisotopic (exact) mass is 263 g/mol. The largest absolute Gasteiger partial charge is 0.396 e. The van der Waals surface area contributed by atoms with Crippen LogP contribution < -0.4 is 5.73 Å². The van der Waals surface area contributed by atoms with Crippen molar-refractivity contribution in [3.63, 3.8) is 0 Å². The van der Waals surface area contributed by atoms with Crippen LogP contribution in [0.2, 0.25) is 0 Å². The lowest BCUT2D eigenvalue weighted by Gasteiger charge is -2.18. The molecule has 0 radical (unpaired) electrons. The summed E-state index contributed by atoms with van der Waals surface area (Å²) in [4.78, 5) is 4.31. The Morgan fingerprint density at radius 3 is 3.00 bits per heavy atom. The van der Waals surface area contributed by atoms with Crippen LogP contribution in [0.1, 0.15) is 24.6 Å². The summed E-state index contributed by atoms with van der Waals surface area (Å²) >= 11 is 0. The Bertz CT molecular complexity index is 579. The molecule has 1 atom stereocenters. The van der Waals surface area contributed by atoms with E-state index in [2.05, 4.69) is 10.1 Å². The average molecular weight is 263 g/mol. The molecule has 1 aliphatic rings. The predicted molar refractivity (Wildman–Crippen MR) is 66.9 cm³/mol. The van der Waals surface area contributed by atoms with Gasteiger partial charge in [0.1, 0.15) is 5.82 Å². The van der Waals surface area contributed by atoms with Crippen LogP contribution in [-0.2, 0) is 4.74 Å². The van der Waals surface area contributed by atoms with Gasteiger partial charge in [-0.25, -0.2) is 4.39 Å². The Labute approximate surface area is 109 Å². The van der Waals surface area contributed by atoms with Gasteiger partial charge in [0.05, 0.1) is 12.3 Å². The minimum Gasteiger partial charge on any atom is -0.396 e. The van der Waals surface area contributed by atoms with Crippen molar-refractivity contribution >= 4 is 5.69 Å². The highest BCUT2D eigenvalue weighted by molar-refractivity contribution is 5.57. The quantitative estimate of drug-likeness (QED) is 0.842. The maximum atomic E-state index is 13.4. The highest BCUT2D eigenvalue weighted by atomic mass is 19.1. The van der Waals surface area contributed by atoms with E-state index in [4.69, 9.17) is 15.0 Å². The van der Waals surface area contributed by atoms with E-state index in [-0.39, 0.29) is 11.6 Å². The molecule has 1 saturated heterocycles. The molecule has 1 aromatic carbocycles. The van der Waals surface area contributed by atoms with Gasteiger partial charge in [-0.2, -0.15) is 4.98 Å². The molecule has 5 nitrogen and oxygen atoms in total. The van der Waals surface area contributed by atoms with Crippen LogP contribution >= 0.6 is 0 Å². The van der Waals surface area contributed by atoms with Crippen LogP contribution in [0.5, 0.6) is 0 Å². The number of benzene rings is 1. The molecule has 1 fully saturated rings. The lowest BCUT2D eigenvalue weighted by atomic mass is 10.0. The van der Waals surface area contributed by atoms with Crippen LogP contribution in [0.4, 0.5) is 10.1 Å². The number of nitrogens with two attached hydrogens (primary N) is 1. The van der Waals surface area contributed by atoms with Crippen LogP contribution in [0.3, 0.4) is 0 Å². The van der Waals surface area contributed by atoms with Gasteiger partial charge < -0.3 is 15.0 Å². The van der Waals surface area contributed by atoms with Crippen LogP contribution in [0, 0.1) is 5.82 Å². The van der Waals surface area contributed by atoms with Crippen molar-refractivity contribution in [1.82, 2.24) is 10.1 Å². The molecule has 2 N–H and O–H groups in total. The van der Waals surface area contributed by atoms with E-state index in [1.165, 1.54) is 12.1 Å². The van der Waals surface area contributed by atoms with Crippen LogP contribution in [-0.4, -0.2) is 23.4 Å². The van der Waals surface area contributed by atoms with Gasteiger partial charge in [-0.05, 0) is 31.0 Å². The van der Waals surface area contributed by atoms with Crippen molar-refractivity contribution in [3.8, 4) is 11.5 Å². The number of halogens is 1. The first-order valence-corrected chi connectivity index (χ1v) is 6.21. The minimum absolute atomic E-state index is 0.101.